The number of nitrogens with one attached hydrogen (secondary N) is 1. The van der Waals surface area contributed by atoms with E-state index in [2.05, 4.69) is 55.2 Å². The van der Waals surface area contributed by atoms with E-state index in [0.29, 0.717) is 28.4 Å². The molecule has 2 aromatic heterocycles. The number of benzene rings is 2. The van der Waals surface area contributed by atoms with E-state index in [1.165, 1.54) is 31.6 Å². The molecule has 4 aromatic rings. The number of anilines is 3. The molecule has 0 aliphatic carbocycles. The summed E-state index contributed by atoms with van der Waals surface area (Å²) >= 11 is 12.8. The predicted octanol–water partition coefficient (Wildman–Crippen LogP) is 5.15. The van der Waals surface area contributed by atoms with Crippen LogP contribution < -0.4 is 20.7 Å². The van der Waals surface area contributed by atoms with Crippen molar-refractivity contribution in [1.29, 1.82) is 0 Å². The van der Waals surface area contributed by atoms with Crippen molar-refractivity contribution in [2.24, 2.45) is 0 Å². The van der Waals surface area contributed by atoms with Crippen LogP contribution >= 0.6 is 23.2 Å². The number of halogens is 2. The zero-order valence-electron chi connectivity index (χ0n) is 23.5. The first-order valence-electron chi connectivity index (χ1n) is 14.1. The summed E-state index contributed by atoms with van der Waals surface area (Å²) in [5.41, 5.74) is 10.4. The maximum atomic E-state index is 6.41. The number of piperidine rings is 1. The van der Waals surface area contributed by atoms with Gasteiger partial charge in [0.05, 0.1) is 18.3 Å². The Morgan fingerprint density at radius 3 is 2.41 bits per heavy atom. The molecule has 2 saturated heterocycles. The smallest absolute Gasteiger partial charge is 0.222 e. The summed E-state index contributed by atoms with van der Waals surface area (Å²) < 4.78 is 7.95. The standard InChI is InChI=1S/C30H36Cl2N8O/c1-37-14-16-39(17-15-37)20-8-11-38(12-9-20)21-6-7-26(27(18-21)41-2)40-13-10-25-28(40)29(36-30(33)35-25)34-19-22-23(31)4-3-5-24(22)32/h3-7,10,13,18,20H,8-9,11-12,14-17,19H2,1-2H3,(H3,33,34,35,36). The molecule has 216 valence electrons. The molecular formula is C30H36Cl2N8O. The van der Waals surface area contributed by atoms with E-state index >= 15 is 0 Å². The first-order valence-corrected chi connectivity index (χ1v) is 14.8. The molecule has 4 heterocycles. The Morgan fingerprint density at radius 1 is 0.976 bits per heavy atom. The molecule has 2 aromatic carbocycles. The molecule has 2 aliphatic rings. The first-order chi connectivity index (χ1) is 19.9. The van der Waals surface area contributed by atoms with Gasteiger partial charge in [0.25, 0.3) is 0 Å². The van der Waals surface area contributed by atoms with Gasteiger partial charge in [-0.05, 0) is 50.2 Å². The number of rotatable bonds is 7. The fourth-order valence-electron chi connectivity index (χ4n) is 6.00. The topological polar surface area (TPSA) is 87.7 Å². The number of aromatic nitrogens is 3. The molecule has 6 rings (SSSR count). The van der Waals surface area contributed by atoms with Crippen LogP contribution in [-0.2, 0) is 6.54 Å². The zero-order chi connectivity index (χ0) is 28.5. The fourth-order valence-corrected chi connectivity index (χ4v) is 6.53. The molecule has 0 radical (unpaired) electrons. The van der Waals surface area contributed by atoms with Gasteiger partial charge < -0.3 is 30.2 Å². The lowest BCUT2D eigenvalue weighted by atomic mass is 10.0. The number of nitrogens with two attached hydrogens (primary N) is 1. The predicted molar refractivity (Wildman–Crippen MR) is 168 cm³/mol. The molecule has 0 spiro atoms. The number of piperazine rings is 1. The Kier molecular flexibility index (Phi) is 8.12. The minimum Gasteiger partial charge on any atom is -0.494 e. The lowest BCUT2D eigenvalue weighted by Crippen LogP contribution is -2.52. The van der Waals surface area contributed by atoms with Crippen molar-refractivity contribution in [3.63, 3.8) is 0 Å². The molecular weight excluding hydrogens is 559 g/mol. The van der Waals surface area contributed by atoms with Gasteiger partial charge in [0.2, 0.25) is 5.95 Å². The Morgan fingerprint density at radius 2 is 1.71 bits per heavy atom. The highest BCUT2D eigenvalue weighted by atomic mass is 35.5. The molecule has 0 atom stereocenters. The minimum absolute atomic E-state index is 0.185. The van der Waals surface area contributed by atoms with Gasteiger partial charge in [-0.1, -0.05) is 29.3 Å². The summed E-state index contributed by atoms with van der Waals surface area (Å²) in [6.07, 6.45) is 4.32. The van der Waals surface area contributed by atoms with Crippen molar-refractivity contribution in [2.45, 2.75) is 25.4 Å². The second-order valence-corrected chi connectivity index (χ2v) is 11.6. The highest BCUT2D eigenvalue weighted by Gasteiger charge is 2.27. The minimum atomic E-state index is 0.185. The molecule has 2 aliphatic heterocycles. The van der Waals surface area contributed by atoms with E-state index in [-0.39, 0.29) is 5.95 Å². The van der Waals surface area contributed by atoms with E-state index in [0.717, 1.165) is 54.2 Å². The van der Waals surface area contributed by atoms with E-state index in [1.807, 2.05) is 35.0 Å². The third-order valence-electron chi connectivity index (χ3n) is 8.35. The molecule has 0 bridgehead atoms. The lowest BCUT2D eigenvalue weighted by Gasteiger charge is -2.42. The van der Waals surface area contributed by atoms with Crippen LogP contribution in [0.3, 0.4) is 0 Å². The van der Waals surface area contributed by atoms with Gasteiger partial charge in [0.15, 0.2) is 5.82 Å². The van der Waals surface area contributed by atoms with E-state index in [4.69, 9.17) is 33.7 Å². The van der Waals surface area contributed by atoms with Crippen molar-refractivity contribution in [3.8, 4) is 11.4 Å². The summed E-state index contributed by atoms with van der Waals surface area (Å²) in [6.45, 7) is 7.13. The second-order valence-electron chi connectivity index (χ2n) is 10.8. The van der Waals surface area contributed by atoms with Gasteiger partial charge in [-0.25, -0.2) is 4.98 Å². The summed E-state index contributed by atoms with van der Waals surface area (Å²) in [4.78, 5) is 16.6. The normalized spacial score (nSPS) is 17.3. The average molecular weight is 596 g/mol. The van der Waals surface area contributed by atoms with Crippen LogP contribution in [0.15, 0.2) is 48.7 Å². The Balaban J connectivity index is 1.24. The van der Waals surface area contributed by atoms with Crippen LogP contribution in [0, 0.1) is 0 Å². The quantitative estimate of drug-likeness (QED) is 0.304. The highest BCUT2D eigenvalue weighted by molar-refractivity contribution is 6.36. The van der Waals surface area contributed by atoms with Gasteiger partial charge in [0.1, 0.15) is 11.3 Å². The summed E-state index contributed by atoms with van der Waals surface area (Å²) in [7, 11) is 3.92. The zero-order valence-corrected chi connectivity index (χ0v) is 25.0. The van der Waals surface area contributed by atoms with Gasteiger partial charge in [-0.2, -0.15) is 4.98 Å². The van der Waals surface area contributed by atoms with Crippen LogP contribution in [0.5, 0.6) is 5.75 Å². The maximum Gasteiger partial charge on any atom is 0.222 e. The van der Waals surface area contributed by atoms with Crippen LogP contribution in [0.25, 0.3) is 16.7 Å². The lowest BCUT2D eigenvalue weighted by molar-refractivity contribution is 0.0982. The van der Waals surface area contributed by atoms with Gasteiger partial charge in [-0.15, -0.1) is 0 Å². The number of methoxy groups -OCH3 is 1. The van der Waals surface area contributed by atoms with Crippen LogP contribution in [0.2, 0.25) is 10.0 Å². The maximum absolute atomic E-state index is 6.41. The molecule has 3 N–H and O–H groups in total. The number of hydrogen-bond acceptors (Lipinski definition) is 8. The third kappa shape index (κ3) is 5.77. The van der Waals surface area contributed by atoms with E-state index in [1.54, 1.807) is 7.11 Å². The van der Waals surface area contributed by atoms with Crippen molar-refractivity contribution < 1.29 is 4.74 Å². The van der Waals surface area contributed by atoms with Crippen molar-refractivity contribution in [2.75, 3.05) is 69.4 Å². The van der Waals surface area contributed by atoms with Crippen LogP contribution in [-0.4, -0.2) is 83.8 Å². The number of hydrogen-bond donors (Lipinski definition) is 2. The van der Waals surface area contributed by atoms with Crippen molar-refractivity contribution in [3.05, 3.63) is 64.3 Å². The first kappa shape index (κ1) is 27.9. The van der Waals surface area contributed by atoms with Crippen LogP contribution in [0.4, 0.5) is 17.5 Å². The molecule has 11 heteroatoms. The van der Waals surface area contributed by atoms with Gasteiger partial charge in [-0.3, -0.25) is 4.90 Å². The largest absolute Gasteiger partial charge is 0.494 e. The average Bonchev–Trinajstić information content (AvgIpc) is 3.40. The van der Waals surface area contributed by atoms with E-state index < -0.39 is 0 Å². The number of likely N-dealkylation sites (N-methyl/N-ethyl adjacent to an activating group) is 1. The van der Waals surface area contributed by atoms with E-state index in [9.17, 15) is 0 Å². The Labute approximate surface area is 250 Å². The molecule has 0 unspecified atom stereocenters. The van der Waals surface area contributed by atoms with Crippen LogP contribution in [0.1, 0.15) is 18.4 Å². The Hall–Kier alpha value is -3.24. The Bertz CT molecular complexity index is 1510. The highest BCUT2D eigenvalue weighted by Crippen LogP contribution is 2.35. The summed E-state index contributed by atoms with van der Waals surface area (Å²) in [5, 5.41) is 4.55. The second kappa shape index (κ2) is 11.9. The molecule has 41 heavy (non-hydrogen) atoms. The SMILES string of the molecule is COc1cc(N2CCC(N3CCN(C)CC3)CC2)ccc1-n1ccc2nc(N)nc(NCc3c(Cl)cccc3Cl)c21. The number of nitrogen functional groups attached to an aromatic ring is 1. The number of fused-ring (bicyclic) bond motifs is 1. The van der Waals surface area contributed by atoms with Crippen molar-refractivity contribution in [1.82, 2.24) is 24.3 Å². The molecule has 9 nitrogen and oxygen atoms in total. The van der Waals surface area contributed by atoms with Gasteiger partial charge in [0, 0.05) is 85.4 Å². The molecule has 0 amide bonds. The third-order valence-corrected chi connectivity index (χ3v) is 9.06. The monoisotopic (exact) mass is 594 g/mol. The molecule has 0 saturated carbocycles. The molecule has 2 fully saturated rings. The number of nitrogens with zero attached hydrogens (tertiary/aromatic N) is 6. The van der Waals surface area contributed by atoms with Gasteiger partial charge >= 0.3 is 0 Å². The summed E-state index contributed by atoms with van der Waals surface area (Å²) in [5.74, 6) is 1.55. The number of ether oxygens (including phenoxy) is 1. The van der Waals surface area contributed by atoms with Crippen molar-refractivity contribution >= 4 is 51.7 Å². The fraction of sp³-hybridized carbons (Fsp3) is 0.400. The summed E-state index contributed by atoms with van der Waals surface area (Å²) in [6, 6.07) is 14.5.